The summed E-state index contributed by atoms with van der Waals surface area (Å²) in [7, 11) is 0. The summed E-state index contributed by atoms with van der Waals surface area (Å²) in [4.78, 5) is 12.4. The average Bonchev–Trinajstić information content (AvgIpc) is 2.83. The summed E-state index contributed by atoms with van der Waals surface area (Å²) in [5.74, 6) is 0.406. The van der Waals surface area contributed by atoms with Crippen LogP contribution in [0.4, 0.5) is 11.5 Å². The van der Waals surface area contributed by atoms with Crippen molar-refractivity contribution in [2.45, 2.75) is 13.0 Å². The maximum absolute atomic E-state index is 5.93. The number of rotatable bonds is 3. The summed E-state index contributed by atoms with van der Waals surface area (Å²) >= 11 is 0. The minimum absolute atomic E-state index is 0.406. The van der Waals surface area contributed by atoms with Crippen LogP contribution in [-0.2, 0) is 13.0 Å². The lowest BCUT2D eigenvalue weighted by Gasteiger charge is -2.06. The van der Waals surface area contributed by atoms with Crippen LogP contribution in [0.5, 0.6) is 0 Å². The van der Waals surface area contributed by atoms with Crippen molar-refractivity contribution >= 4 is 22.7 Å². The number of hydrogen-bond acceptors (Lipinski definition) is 5. The Balaban J connectivity index is 1.87. The first kappa shape index (κ1) is 11.5. The number of imidazole rings is 1. The van der Waals surface area contributed by atoms with Gasteiger partial charge in [-0.05, 0) is 18.1 Å². The molecule has 0 atom stereocenters. The van der Waals surface area contributed by atoms with E-state index in [-0.39, 0.29) is 0 Å². The van der Waals surface area contributed by atoms with Gasteiger partial charge in [-0.2, -0.15) is 0 Å². The van der Waals surface area contributed by atoms with Crippen LogP contribution in [-0.4, -0.2) is 19.5 Å². The molecule has 3 aromatic rings. The number of aryl methyl sites for hydroxylation is 2. The van der Waals surface area contributed by atoms with E-state index in [4.69, 9.17) is 11.5 Å². The van der Waals surface area contributed by atoms with Crippen molar-refractivity contribution < 1.29 is 0 Å². The summed E-state index contributed by atoms with van der Waals surface area (Å²) in [5, 5.41) is 0. The molecule has 0 fully saturated rings. The standard InChI is InChI=1S/C13H14N6/c14-10-4-2-1-3-9(10)5-6-19-8-18-11-12(15)16-7-17-13(11)19/h1-4,7-8H,5-6,14H2,(H2,15,16,17). The van der Waals surface area contributed by atoms with Crippen LogP contribution >= 0.6 is 0 Å². The Hall–Kier alpha value is -2.63. The lowest BCUT2D eigenvalue weighted by molar-refractivity contribution is 0.710. The second-order valence-corrected chi connectivity index (χ2v) is 4.32. The second kappa shape index (κ2) is 4.56. The van der Waals surface area contributed by atoms with Crippen LogP contribution in [0.25, 0.3) is 11.2 Å². The molecular formula is C13H14N6. The maximum Gasteiger partial charge on any atom is 0.165 e. The van der Waals surface area contributed by atoms with Crippen LogP contribution < -0.4 is 11.5 Å². The molecule has 0 bridgehead atoms. The first-order chi connectivity index (χ1) is 9.25. The fourth-order valence-electron chi connectivity index (χ4n) is 2.07. The van der Waals surface area contributed by atoms with Gasteiger partial charge in [-0.1, -0.05) is 18.2 Å². The largest absolute Gasteiger partial charge is 0.399 e. The van der Waals surface area contributed by atoms with Gasteiger partial charge in [0.25, 0.3) is 0 Å². The van der Waals surface area contributed by atoms with Gasteiger partial charge in [0.15, 0.2) is 11.5 Å². The minimum Gasteiger partial charge on any atom is -0.399 e. The zero-order valence-electron chi connectivity index (χ0n) is 10.3. The van der Waals surface area contributed by atoms with Crippen LogP contribution in [0.3, 0.4) is 0 Å². The van der Waals surface area contributed by atoms with Gasteiger partial charge in [-0.3, -0.25) is 0 Å². The lowest BCUT2D eigenvalue weighted by Crippen LogP contribution is -2.03. The van der Waals surface area contributed by atoms with Crippen molar-refractivity contribution in [1.29, 1.82) is 0 Å². The molecule has 0 aliphatic heterocycles. The van der Waals surface area contributed by atoms with Crippen LogP contribution in [0.2, 0.25) is 0 Å². The topological polar surface area (TPSA) is 95.6 Å². The molecule has 0 unspecified atom stereocenters. The third kappa shape index (κ3) is 2.08. The van der Waals surface area contributed by atoms with Crippen molar-refractivity contribution in [3.8, 4) is 0 Å². The molecule has 0 spiro atoms. The zero-order chi connectivity index (χ0) is 13.2. The molecule has 0 aliphatic carbocycles. The van der Waals surface area contributed by atoms with E-state index in [9.17, 15) is 0 Å². The molecule has 2 aromatic heterocycles. The van der Waals surface area contributed by atoms with Crippen LogP contribution in [0, 0.1) is 0 Å². The molecule has 6 nitrogen and oxygen atoms in total. The van der Waals surface area contributed by atoms with Crippen molar-refractivity contribution in [2.75, 3.05) is 11.5 Å². The van der Waals surface area contributed by atoms with Gasteiger partial charge in [-0.15, -0.1) is 0 Å². The van der Waals surface area contributed by atoms with Gasteiger partial charge < -0.3 is 16.0 Å². The van der Waals surface area contributed by atoms with Gasteiger partial charge in [0.05, 0.1) is 6.33 Å². The molecule has 4 N–H and O–H groups in total. The molecule has 0 saturated carbocycles. The molecule has 96 valence electrons. The minimum atomic E-state index is 0.406. The zero-order valence-corrected chi connectivity index (χ0v) is 10.3. The Labute approximate surface area is 110 Å². The lowest BCUT2D eigenvalue weighted by atomic mass is 10.1. The summed E-state index contributed by atoms with van der Waals surface area (Å²) in [6.45, 7) is 0.751. The molecular weight excluding hydrogens is 240 g/mol. The predicted molar refractivity (Wildman–Crippen MR) is 74.3 cm³/mol. The summed E-state index contributed by atoms with van der Waals surface area (Å²) in [6.07, 6.45) is 4.00. The van der Waals surface area contributed by atoms with Gasteiger partial charge in [0.2, 0.25) is 0 Å². The number of anilines is 2. The molecule has 0 aliphatic rings. The highest BCUT2D eigenvalue weighted by Crippen LogP contribution is 2.16. The van der Waals surface area contributed by atoms with Gasteiger partial charge in [0, 0.05) is 12.2 Å². The quantitative estimate of drug-likeness (QED) is 0.685. The van der Waals surface area contributed by atoms with Gasteiger partial charge in [-0.25, -0.2) is 15.0 Å². The molecule has 19 heavy (non-hydrogen) atoms. The Morgan fingerprint density at radius 2 is 1.89 bits per heavy atom. The van der Waals surface area contributed by atoms with E-state index < -0.39 is 0 Å². The number of nitrogens with two attached hydrogens (primary N) is 2. The monoisotopic (exact) mass is 254 g/mol. The summed E-state index contributed by atoms with van der Waals surface area (Å²) in [5.41, 5.74) is 15.0. The molecule has 0 saturated heterocycles. The number of nitrogens with zero attached hydrogens (tertiary/aromatic N) is 4. The van der Waals surface area contributed by atoms with E-state index in [0.29, 0.717) is 11.3 Å². The smallest absolute Gasteiger partial charge is 0.165 e. The fraction of sp³-hybridized carbons (Fsp3) is 0.154. The summed E-state index contributed by atoms with van der Waals surface area (Å²) in [6, 6.07) is 7.84. The van der Waals surface area contributed by atoms with Gasteiger partial charge in [0.1, 0.15) is 11.8 Å². The number of para-hydroxylation sites is 1. The maximum atomic E-state index is 5.93. The Kier molecular flexibility index (Phi) is 2.75. The van der Waals surface area contributed by atoms with E-state index in [1.165, 1.54) is 6.33 Å². The molecule has 1 aromatic carbocycles. The highest BCUT2D eigenvalue weighted by atomic mass is 15.1. The van der Waals surface area contributed by atoms with Crippen molar-refractivity contribution in [3.63, 3.8) is 0 Å². The van der Waals surface area contributed by atoms with Crippen molar-refractivity contribution in [3.05, 3.63) is 42.5 Å². The van der Waals surface area contributed by atoms with E-state index >= 15 is 0 Å². The summed E-state index contributed by atoms with van der Waals surface area (Å²) < 4.78 is 1.96. The second-order valence-electron chi connectivity index (χ2n) is 4.32. The van der Waals surface area contributed by atoms with E-state index in [1.54, 1.807) is 6.33 Å². The number of benzene rings is 1. The fourth-order valence-corrected chi connectivity index (χ4v) is 2.07. The van der Waals surface area contributed by atoms with Crippen molar-refractivity contribution in [1.82, 2.24) is 19.5 Å². The SMILES string of the molecule is Nc1ccccc1CCn1cnc2c(N)ncnc21. The first-order valence-electron chi connectivity index (χ1n) is 6.00. The normalized spacial score (nSPS) is 10.9. The molecule has 0 radical (unpaired) electrons. The predicted octanol–water partition coefficient (Wildman–Crippen LogP) is 1.23. The van der Waals surface area contributed by atoms with Crippen LogP contribution in [0.1, 0.15) is 5.56 Å². The molecule has 6 heteroatoms. The van der Waals surface area contributed by atoms with E-state index in [1.807, 2.05) is 28.8 Å². The Morgan fingerprint density at radius 3 is 2.74 bits per heavy atom. The van der Waals surface area contributed by atoms with Crippen molar-refractivity contribution in [2.24, 2.45) is 0 Å². The number of nitrogen functional groups attached to an aromatic ring is 2. The number of aromatic nitrogens is 4. The molecule has 2 heterocycles. The van der Waals surface area contributed by atoms with Gasteiger partial charge >= 0.3 is 0 Å². The molecule has 3 rings (SSSR count). The third-order valence-electron chi connectivity index (χ3n) is 3.11. The third-order valence-corrected chi connectivity index (χ3v) is 3.11. The highest BCUT2D eigenvalue weighted by molar-refractivity contribution is 5.81. The van der Waals surface area contributed by atoms with E-state index in [2.05, 4.69) is 15.0 Å². The number of hydrogen-bond donors (Lipinski definition) is 2. The average molecular weight is 254 g/mol. The molecule has 0 amide bonds. The first-order valence-corrected chi connectivity index (χ1v) is 6.00. The highest BCUT2D eigenvalue weighted by Gasteiger charge is 2.07. The number of fused-ring (bicyclic) bond motifs is 1. The van der Waals surface area contributed by atoms with E-state index in [0.717, 1.165) is 29.9 Å². The Morgan fingerprint density at radius 1 is 1.05 bits per heavy atom. The van der Waals surface area contributed by atoms with Crippen LogP contribution in [0.15, 0.2) is 36.9 Å². The Bertz CT molecular complexity index is 718.